The minimum Gasteiger partial charge on any atom is -0.482 e. The van der Waals surface area contributed by atoms with Crippen LogP contribution >= 0.6 is 11.8 Å². The Morgan fingerprint density at radius 3 is 2.54 bits per heavy atom. The van der Waals surface area contributed by atoms with E-state index in [2.05, 4.69) is 15.3 Å². The third-order valence-electron chi connectivity index (χ3n) is 3.72. The van der Waals surface area contributed by atoms with E-state index in [1.807, 2.05) is 56.5 Å². The number of aromatic nitrogens is 2. The molecule has 0 unspecified atom stereocenters. The zero-order chi connectivity index (χ0) is 19.9. The first-order chi connectivity index (χ1) is 13.5. The molecule has 0 radical (unpaired) electrons. The third kappa shape index (κ3) is 5.72. The minimum absolute atomic E-state index is 0.152. The highest BCUT2D eigenvalue weighted by atomic mass is 32.2. The highest BCUT2D eigenvalue weighted by molar-refractivity contribution is 7.98. The molecule has 2 aromatic carbocycles. The fourth-order valence-electron chi connectivity index (χ4n) is 2.46. The molecule has 0 spiro atoms. The molecule has 0 bridgehead atoms. The van der Waals surface area contributed by atoms with Gasteiger partial charge in [0.1, 0.15) is 17.3 Å². The van der Waals surface area contributed by atoms with Gasteiger partial charge in [-0.25, -0.2) is 14.8 Å². The smallest absolute Gasteiger partial charge is 0.349 e. The zero-order valence-corrected chi connectivity index (χ0v) is 16.7. The number of nitrogens with zero attached hydrogens (tertiary/aromatic N) is 2. The second kappa shape index (κ2) is 9.23. The second-order valence-corrected chi connectivity index (χ2v) is 6.88. The van der Waals surface area contributed by atoms with Crippen LogP contribution in [0.2, 0.25) is 0 Å². The van der Waals surface area contributed by atoms with Crippen molar-refractivity contribution in [2.24, 2.45) is 0 Å². The van der Waals surface area contributed by atoms with Gasteiger partial charge in [0.15, 0.2) is 11.8 Å². The van der Waals surface area contributed by atoms with E-state index >= 15 is 0 Å². The van der Waals surface area contributed by atoms with Crippen LogP contribution in [0.25, 0.3) is 0 Å². The topological polar surface area (TPSA) is 73.3 Å². The van der Waals surface area contributed by atoms with E-state index in [4.69, 9.17) is 9.47 Å². The lowest BCUT2D eigenvalue weighted by Crippen LogP contribution is -2.17. The number of hydrogen-bond acceptors (Lipinski definition) is 7. The van der Waals surface area contributed by atoms with Crippen LogP contribution < -0.4 is 14.8 Å². The van der Waals surface area contributed by atoms with Crippen LogP contribution in [0.5, 0.6) is 11.5 Å². The molecule has 144 valence electrons. The first kappa shape index (κ1) is 19.7. The number of rotatable bonds is 7. The summed E-state index contributed by atoms with van der Waals surface area (Å²) in [4.78, 5) is 20.7. The van der Waals surface area contributed by atoms with Gasteiger partial charge in [-0.3, -0.25) is 0 Å². The summed E-state index contributed by atoms with van der Waals surface area (Å²) in [5.74, 6) is 1.35. The van der Waals surface area contributed by atoms with Crippen molar-refractivity contribution in [3.8, 4) is 11.5 Å². The average Bonchev–Trinajstić information content (AvgIpc) is 2.67. The molecular weight excluding hydrogens is 374 g/mol. The van der Waals surface area contributed by atoms with Gasteiger partial charge >= 0.3 is 5.97 Å². The van der Waals surface area contributed by atoms with E-state index in [1.54, 1.807) is 18.2 Å². The van der Waals surface area contributed by atoms with E-state index in [1.165, 1.54) is 11.8 Å². The highest BCUT2D eigenvalue weighted by Crippen LogP contribution is 2.21. The molecule has 3 rings (SSSR count). The van der Waals surface area contributed by atoms with E-state index in [0.717, 1.165) is 16.9 Å². The molecule has 0 aliphatic carbocycles. The summed E-state index contributed by atoms with van der Waals surface area (Å²) < 4.78 is 10.8. The standard InChI is InChI=1S/C21H21N3O3S/c1-14-5-4-6-18(11-14)26-13-20(25)27-17-9-7-16(8-10-17)23-19-12-15(2)22-21(24-19)28-3/h4-12H,13H2,1-3H3,(H,22,23,24). The van der Waals surface area contributed by atoms with Crippen molar-refractivity contribution in [3.05, 3.63) is 65.9 Å². The number of carbonyl (C=O) groups is 1. The molecule has 0 aliphatic heterocycles. The van der Waals surface area contributed by atoms with Crippen LogP contribution in [0.15, 0.2) is 59.8 Å². The van der Waals surface area contributed by atoms with Crippen molar-refractivity contribution >= 4 is 29.2 Å². The summed E-state index contributed by atoms with van der Waals surface area (Å²) in [5, 5.41) is 3.93. The molecule has 0 amide bonds. The van der Waals surface area contributed by atoms with Crippen LogP contribution in [0.3, 0.4) is 0 Å². The lowest BCUT2D eigenvalue weighted by molar-refractivity contribution is -0.136. The van der Waals surface area contributed by atoms with Gasteiger partial charge in [0, 0.05) is 17.4 Å². The summed E-state index contributed by atoms with van der Waals surface area (Å²) in [6.07, 6.45) is 1.93. The first-order valence-corrected chi connectivity index (χ1v) is 9.91. The molecule has 1 N–H and O–H groups in total. The molecule has 0 aliphatic rings. The lowest BCUT2D eigenvalue weighted by Gasteiger charge is -2.09. The Balaban J connectivity index is 1.55. The molecular formula is C21H21N3O3S. The van der Waals surface area contributed by atoms with Crippen LogP contribution in [0.4, 0.5) is 11.5 Å². The van der Waals surface area contributed by atoms with Crippen molar-refractivity contribution in [2.75, 3.05) is 18.2 Å². The Morgan fingerprint density at radius 1 is 1.04 bits per heavy atom. The van der Waals surface area contributed by atoms with Gasteiger partial charge in [-0.1, -0.05) is 23.9 Å². The van der Waals surface area contributed by atoms with Crippen molar-refractivity contribution in [1.82, 2.24) is 9.97 Å². The molecule has 0 saturated heterocycles. The Hall–Kier alpha value is -3.06. The third-order valence-corrected chi connectivity index (χ3v) is 4.27. The van der Waals surface area contributed by atoms with Gasteiger partial charge in [0.25, 0.3) is 0 Å². The van der Waals surface area contributed by atoms with Crippen molar-refractivity contribution < 1.29 is 14.3 Å². The fraction of sp³-hybridized carbons (Fsp3) is 0.190. The van der Waals surface area contributed by atoms with Crippen LogP contribution in [-0.4, -0.2) is 28.8 Å². The van der Waals surface area contributed by atoms with E-state index < -0.39 is 5.97 Å². The molecule has 6 nitrogen and oxygen atoms in total. The summed E-state index contributed by atoms with van der Waals surface area (Å²) in [5.41, 5.74) is 2.79. The molecule has 7 heteroatoms. The summed E-state index contributed by atoms with van der Waals surface area (Å²) in [7, 11) is 0. The first-order valence-electron chi connectivity index (χ1n) is 8.69. The van der Waals surface area contributed by atoms with Crippen LogP contribution in [-0.2, 0) is 4.79 Å². The zero-order valence-electron chi connectivity index (χ0n) is 15.9. The highest BCUT2D eigenvalue weighted by Gasteiger charge is 2.07. The van der Waals surface area contributed by atoms with Crippen LogP contribution in [0, 0.1) is 13.8 Å². The maximum Gasteiger partial charge on any atom is 0.349 e. The van der Waals surface area contributed by atoms with E-state index in [0.29, 0.717) is 22.5 Å². The van der Waals surface area contributed by atoms with Gasteiger partial charge in [0.2, 0.25) is 0 Å². The lowest BCUT2D eigenvalue weighted by atomic mass is 10.2. The van der Waals surface area contributed by atoms with Crippen molar-refractivity contribution in [3.63, 3.8) is 0 Å². The number of ether oxygens (including phenoxy) is 2. The van der Waals surface area contributed by atoms with Gasteiger partial charge in [-0.05, 0) is 62.1 Å². The number of hydrogen-bond donors (Lipinski definition) is 1. The number of anilines is 2. The Labute approximate surface area is 168 Å². The molecule has 0 fully saturated rings. The van der Waals surface area contributed by atoms with E-state index in [-0.39, 0.29) is 6.61 Å². The van der Waals surface area contributed by atoms with Crippen molar-refractivity contribution in [1.29, 1.82) is 0 Å². The Bertz CT molecular complexity index is 961. The number of esters is 1. The van der Waals surface area contributed by atoms with E-state index in [9.17, 15) is 4.79 Å². The predicted molar refractivity (Wildman–Crippen MR) is 111 cm³/mol. The number of carbonyl (C=O) groups excluding carboxylic acids is 1. The molecule has 0 atom stereocenters. The van der Waals surface area contributed by atoms with Crippen LogP contribution in [0.1, 0.15) is 11.3 Å². The van der Waals surface area contributed by atoms with Gasteiger partial charge in [-0.2, -0.15) is 0 Å². The molecule has 28 heavy (non-hydrogen) atoms. The average molecular weight is 395 g/mol. The maximum absolute atomic E-state index is 12.0. The summed E-state index contributed by atoms with van der Waals surface area (Å²) in [6.45, 7) is 3.74. The number of aryl methyl sites for hydroxylation is 2. The maximum atomic E-state index is 12.0. The Morgan fingerprint density at radius 2 is 1.82 bits per heavy atom. The van der Waals surface area contributed by atoms with Gasteiger partial charge in [-0.15, -0.1) is 0 Å². The summed E-state index contributed by atoms with van der Waals surface area (Å²) in [6, 6.07) is 16.5. The Kier molecular flexibility index (Phi) is 6.49. The SMILES string of the molecule is CSc1nc(C)cc(Nc2ccc(OC(=O)COc3cccc(C)c3)cc2)n1. The largest absolute Gasteiger partial charge is 0.482 e. The molecule has 3 aromatic rings. The minimum atomic E-state index is -0.460. The van der Waals surface area contributed by atoms with Gasteiger partial charge in [0.05, 0.1) is 0 Å². The summed E-state index contributed by atoms with van der Waals surface area (Å²) >= 11 is 1.49. The normalized spacial score (nSPS) is 10.4. The quantitative estimate of drug-likeness (QED) is 0.272. The monoisotopic (exact) mass is 395 g/mol. The fourth-order valence-corrected chi connectivity index (χ4v) is 2.88. The molecule has 1 heterocycles. The number of nitrogens with one attached hydrogen (secondary N) is 1. The van der Waals surface area contributed by atoms with Gasteiger partial charge < -0.3 is 14.8 Å². The number of benzene rings is 2. The molecule has 0 saturated carbocycles. The second-order valence-electron chi connectivity index (χ2n) is 6.11. The molecule has 1 aromatic heterocycles. The van der Waals surface area contributed by atoms with Crippen molar-refractivity contribution in [2.45, 2.75) is 19.0 Å². The predicted octanol–water partition coefficient (Wildman–Crippen LogP) is 4.54. The number of thioether (sulfide) groups is 1.